The number of carbonyl (C=O) groups is 1. The largest absolute Gasteiger partial charge is 0.379 e. The molecule has 1 fully saturated rings. The highest BCUT2D eigenvalue weighted by molar-refractivity contribution is 6.31. The van der Waals surface area contributed by atoms with Crippen molar-refractivity contribution in [3.05, 3.63) is 52.4 Å². The van der Waals surface area contributed by atoms with Crippen molar-refractivity contribution >= 4 is 17.6 Å². The van der Waals surface area contributed by atoms with Crippen LogP contribution in [0.5, 0.6) is 0 Å². The van der Waals surface area contributed by atoms with Crippen LogP contribution < -0.4 is 5.32 Å². The maximum absolute atomic E-state index is 12.5. The molecule has 1 aliphatic rings. The van der Waals surface area contributed by atoms with Gasteiger partial charge in [0.15, 0.2) is 0 Å². The SMILES string of the molecule is Cc1cc(CN(C)C(=O)NCC(c2ccccc2Cl)N2CCOCC2)no1. The third-order valence-electron chi connectivity index (χ3n) is 4.62. The quantitative estimate of drug-likeness (QED) is 0.818. The van der Waals surface area contributed by atoms with Gasteiger partial charge in [-0.25, -0.2) is 4.79 Å². The normalized spacial score (nSPS) is 16.1. The van der Waals surface area contributed by atoms with Crippen LogP contribution in [0.2, 0.25) is 5.02 Å². The fourth-order valence-electron chi connectivity index (χ4n) is 3.20. The molecule has 1 aromatic heterocycles. The van der Waals surface area contributed by atoms with Crippen LogP contribution in [-0.2, 0) is 11.3 Å². The number of aromatic nitrogens is 1. The summed E-state index contributed by atoms with van der Waals surface area (Å²) in [6.07, 6.45) is 0. The van der Waals surface area contributed by atoms with E-state index in [2.05, 4.69) is 15.4 Å². The van der Waals surface area contributed by atoms with Gasteiger partial charge in [-0.2, -0.15) is 0 Å². The number of benzene rings is 1. The van der Waals surface area contributed by atoms with E-state index in [-0.39, 0.29) is 12.1 Å². The molecule has 0 saturated carbocycles. The van der Waals surface area contributed by atoms with E-state index in [1.54, 1.807) is 11.9 Å². The van der Waals surface area contributed by atoms with Crippen LogP contribution in [0.4, 0.5) is 4.79 Å². The first-order valence-corrected chi connectivity index (χ1v) is 9.40. The van der Waals surface area contributed by atoms with Crippen LogP contribution in [0.3, 0.4) is 0 Å². The van der Waals surface area contributed by atoms with E-state index in [9.17, 15) is 4.79 Å². The third-order valence-corrected chi connectivity index (χ3v) is 4.96. The number of nitrogens with zero attached hydrogens (tertiary/aromatic N) is 3. The summed E-state index contributed by atoms with van der Waals surface area (Å²) in [6, 6.07) is 9.42. The van der Waals surface area contributed by atoms with Crippen LogP contribution in [0.15, 0.2) is 34.9 Å². The lowest BCUT2D eigenvalue weighted by Gasteiger charge is -2.35. The number of ether oxygens (including phenoxy) is 1. The summed E-state index contributed by atoms with van der Waals surface area (Å²) in [5, 5.41) is 7.65. The summed E-state index contributed by atoms with van der Waals surface area (Å²) in [5.74, 6) is 0.727. The molecule has 2 amide bonds. The molecule has 7 nitrogen and oxygen atoms in total. The van der Waals surface area contributed by atoms with Gasteiger partial charge in [0.2, 0.25) is 0 Å². The van der Waals surface area contributed by atoms with Crippen LogP contribution in [0.25, 0.3) is 0 Å². The van der Waals surface area contributed by atoms with Crippen LogP contribution in [-0.4, -0.2) is 60.9 Å². The number of carbonyl (C=O) groups excluding carboxylic acids is 1. The molecule has 0 radical (unpaired) electrons. The summed E-state index contributed by atoms with van der Waals surface area (Å²) in [6.45, 7) is 5.65. The second-order valence-electron chi connectivity index (χ2n) is 6.66. The lowest BCUT2D eigenvalue weighted by Crippen LogP contribution is -2.46. The summed E-state index contributed by atoms with van der Waals surface area (Å²) in [5.41, 5.74) is 1.73. The number of hydrogen-bond donors (Lipinski definition) is 1. The summed E-state index contributed by atoms with van der Waals surface area (Å²) < 4.78 is 10.5. The molecule has 0 aliphatic carbocycles. The van der Waals surface area contributed by atoms with E-state index in [1.165, 1.54) is 0 Å². The highest BCUT2D eigenvalue weighted by atomic mass is 35.5. The Labute approximate surface area is 164 Å². The molecule has 1 unspecified atom stereocenters. The molecule has 1 aromatic carbocycles. The van der Waals surface area contributed by atoms with E-state index >= 15 is 0 Å². The van der Waals surface area contributed by atoms with E-state index in [1.807, 2.05) is 37.3 Å². The number of amides is 2. The summed E-state index contributed by atoms with van der Waals surface area (Å²) >= 11 is 6.43. The highest BCUT2D eigenvalue weighted by Crippen LogP contribution is 2.27. The molecule has 1 N–H and O–H groups in total. The van der Waals surface area contributed by atoms with Crippen LogP contribution in [0, 0.1) is 6.92 Å². The number of hydrogen-bond acceptors (Lipinski definition) is 5. The van der Waals surface area contributed by atoms with E-state index in [4.69, 9.17) is 20.9 Å². The number of urea groups is 1. The van der Waals surface area contributed by atoms with Crippen molar-refractivity contribution in [2.45, 2.75) is 19.5 Å². The first-order chi connectivity index (χ1) is 13.0. The molecule has 146 valence electrons. The highest BCUT2D eigenvalue weighted by Gasteiger charge is 2.25. The Kier molecular flexibility index (Phi) is 6.71. The molecule has 0 bridgehead atoms. The zero-order chi connectivity index (χ0) is 19.2. The zero-order valence-corrected chi connectivity index (χ0v) is 16.4. The van der Waals surface area contributed by atoms with E-state index in [0.29, 0.717) is 31.3 Å². The Morgan fingerprint density at radius 1 is 1.37 bits per heavy atom. The van der Waals surface area contributed by atoms with Crippen LogP contribution in [0.1, 0.15) is 23.1 Å². The van der Waals surface area contributed by atoms with Crippen LogP contribution >= 0.6 is 11.6 Å². The average molecular weight is 393 g/mol. The first-order valence-electron chi connectivity index (χ1n) is 9.02. The predicted molar refractivity (Wildman–Crippen MR) is 103 cm³/mol. The summed E-state index contributed by atoms with van der Waals surface area (Å²) in [4.78, 5) is 16.4. The summed E-state index contributed by atoms with van der Waals surface area (Å²) in [7, 11) is 1.73. The fourth-order valence-corrected chi connectivity index (χ4v) is 3.46. The molecule has 1 atom stereocenters. The second-order valence-corrected chi connectivity index (χ2v) is 7.06. The minimum absolute atomic E-state index is 0.00533. The standard InChI is InChI=1S/C19H25ClN4O3/c1-14-11-15(22-27-14)13-23(2)19(25)21-12-18(24-7-9-26-10-8-24)16-5-3-4-6-17(16)20/h3-6,11,18H,7-10,12-13H2,1-2H3,(H,21,25). The topological polar surface area (TPSA) is 70.8 Å². The fraction of sp³-hybridized carbons (Fsp3) is 0.474. The number of morpholine rings is 1. The maximum atomic E-state index is 12.5. The molecular formula is C19H25ClN4O3. The zero-order valence-electron chi connectivity index (χ0n) is 15.7. The molecule has 3 rings (SSSR count). The smallest absolute Gasteiger partial charge is 0.317 e. The van der Waals surface area contributed by atoms with Crippen molar-refractivity contribution in [3.8, 4) is 0 Å². The molecule has 8 heteroatoms. The monoisotopic (exact) mass is 392 g/mol. The van der Waals surface area contributed by atoms with Gasteiger partial charge in [0.1, 0.15) is 11.5 Å². The van der Waals surface area contributed by atoms with Gasteiger partial charge in [-0.05, 0) is 18.6 Å². The molecule has 1 saturated heterocycles. The van der Waals surface area contributed by atoms with Crippen molar-refractivity contribution in [2.24, 2.45) is 0 Å². The Morgan fingerprint density at radius 2 is 2.11 bits per heavy atom. The van der Waals surface area contributed by atoms with E-state index in [0.717, 1.165) is 30.1 Å². The number of rotatable bonds is 6. The molecule has 2 aromatic rings. The molecule has 0 spiro atoms. The van der Waals surface area contributed by atoms with Gasteiger partial charge in [0.25, 0.3) is 0 Å². The lowest BCUT2D eigenvalue weighted by atomic mass is 10.0. The van der Waals surface area contributed by atoms with Gasteiger partial charge in [-0.1, -0.05) is 35.0 Å². The van der Waals surface area contributed by atoms with Gasteiger partial charge in [-0.3, -0.25) is 4.90 Å². The van der Waals surface area contributed by atoms with Crippen molar-refractivity contribution in [1.29, 1.82) is 0 Å². The van der Waals surface area contributed by atoms with Crippen molar-refractivity contribution < 1.29 is 14.1 Å². The minimum atomic E-state index is -0.166. The van der Waals surface area contributed by atoms with Crippen molar-refractivity contribution in [3.63, 3.8) is 0 Å². The number of halogens is 1. The Hall–Kier alpha value is -2.09. The van der Waals surface area contributed by atoms with Gasteiger partial charge in [0.05, 0.1) is 25.8 Å². The molecule has 2 heterocycles. The number of nitrogens with one attached hydrogen (secondary N) is 1. The third kappa shape index (κ3) is 5.22. The van der Waals surface area contributed by atoms with Gasteiger partial charge >= 0.3 is 6.03 Å². The van der Waals surface area contributed by atoms with Crippen molar-refractivity contribution in [2.75, 3.05) is 39.9 Å². The Bertz CT molecular complexity index is 761. The first kappa shape index (κ1) is 19.7. The Balaban J connectivity index is 1.64. The van der Waals surface area contributed by atoms with Gasteiger partial charge < -0.3 is 19.5 Å². The van der Waals surface area contributed by atoms with E-state index < -0.39 is 0 Å². The minimum Gasteiger partial charge on any atom is -0.379 e. The average Bonchev–Trinajstić information content (AvgIpc) is 3.08. The van der Waals surface area contributed by atoms with Gasteiger partial charge in [-0.15, -0.1) is 0 Å². The molecule has 1 aliphatic heterocycles. The molecule has 27 heavy (non-hydrogen) atoms. The molecular weight excluding hydrogens is 368 g/mol. The second kappa shape index (κ2) is 9.21. The Morgan fingerprint density at radius 3 is 2.78 bits per heavy atom. The van der Waals surface area contributed by atoms with Gasteiger partial charge in [0, 0.05) is 37.8 Å². The van der Waals surface area contributed by atoms with Crippen molar-refractivity contribution in [1.82, 2.24) is 20.3 Å². The predicted octanol–water partition coefficient (Wildman–Crippen LogP) is 2.85. The number of aryl methyl sites for hydroxylation is 1. The maximum Gasteiger partial charge on any atom is 0.317 e. The lowest BCUT2D eigenvalue weighted by molar-refractivity contribution is 0.0165.